The summed E-state index contributed by atoms with van der Waals surface area (Å²) in [4.78, 5) is 29.6. The highest BCUT2D eigenvalue weighted by Crippen LogP contribution is 2.36. The Morgan fingerprint density at radius 1 is 1.00 bits per heavy atom. The molecule has 1 aliphatic rings. The van der Waals surface area contributed by atoms with Gasteiger partial charge >= 0.3 is 5.97 Å². The zero-order chi connectivity index (χ0) is 24.2. The summed E-state index contributed by atoms with van der Waals surface area (Å²) in [6.45, 7) is 3.19. The third kappa shape index (κ3) is 5.67. The third-order valence-electron chi connectivity index (χ3n) is 5.60. The minimum atomic E-state index is -0.503. The number of thiophene rings is 1. The number of nitrogens with zero attached hydrogens (tertiary/aromatic N) is 2. The summed E-state index contributed by atoms with van der Waals surface area (Å²) in [7, 11) is 1.32. The molecular weight excluding hydrogens is 517 g/mol. The van der Waals surface area contributed by atoms with Gasteiger partial charge in [0.05, 0.1) is 23.7 Å². The van der Waals surface area contributed by atoms with Gasteiger partial charge in [-0.15, -0.1) is 11.3 Å². The van der Waals surface area contributed by atoms with Crippen LogP contribution in [-0.4, -0.2) is 56.6 Å². The summed E-state index contributed by atoms with van der Waals surface area (Å²) in [6.07, 6.45) is 0. The quantitative estimate of drug-likeness (QED) is 0.395. The Morgan fingerprint density at radius 2 is 1.71 bits per heavy atom. The molecule has 4 rings (SSSR count). The largest absolute Gasteiger partial charge is 0.465 e. The SMILES string of the molecule is COC(=O)c1c(-c2ccc(Cl)cc2)csc1NC(=O)CN1CCN(c2ccc(Cl)c(Cl)c2)CC1. The third-order valence-corrected chi connectivity index (χ3v) is 7.48. The zero-order valence-corrected chi connectivity index (χ0v) is 21.4. The molecule has 1 N–H and O–H groups in total. The molecule has 0 atom stereocenters. The van der Waals surface area contributed by atoms with E-state index in [1.807, 2.05) is 29.6 Å². The molecule has 1 aliphatic heterocycles. The number of methoxy groups -OCH3 is 1. The van der Waals surface area contributed by atoms with Crippen LogP contribution in [0.4, 0.5) is 10.7 Å². The molecule has 1 fully saturated rings. The Bertz CT molecular complexity index is 1190. The van der Waals surface area contributed by atoms with Crippen molar-refractivity contribution in [2.45, 2.75) is 0 Å². The molecule has 0 unspecified atom stereocenters. The molecule has 2 heterocycles. The number of halogens is 3. The first-order valence-corrected chi connectivity index (χ1v) is 12.5. The summed E-state index contributed by atoms with van der Waals surface area (Å²) in [5.41, 5.74) is 2.86. The second-order valence-corrected chi connectivity index (χ2v) is 9.89. The van der Waals surface area contributed by atoms with Crippen molar-refractivity contribution in [3.63, 3.8) is 0 Å². The molecule has 178 valence electrons. The number of hydrogen-bond acceptors (Lipinski definition) is 6. The van der Waals surface area contributed by atoms with Gasteiger partial charge < -0.3 is 15.0 Å². The number of rotatable bonds is 6. The smallest absolute Gasteiger partial charge is 0.341 e. The fourth-order valence-electron chi connectivity index (χ4n) is 3.81. The van der Waals surface area contributed by atoms with Crippen LogP contribution >= 0.6 is 46.1 Å². The lowest BCUT2D eigenvalue weighted by atomic mass is 10.0. The van der Waals surface area contributed by atoms with Gasteiger partial charge in [0.25, 0.3) is 0 Å². The van der Waals surface area contributed by atoms with E-state index in [4.69, 9.17) is 39.5 Å². The Kier molecular flexibility index (Phi) is 8.01. The molecule has 34 heavy (non-hydrogen) atoms. The summed E-state index contributed by atoms with van der Waals surface area (Å²) in [6, 6.07) is 12.8. The van der Waals surface area contributed by atoms with Crippen molar-refractivity contribution in [2.24, 2.45) is 0 Å². The van der Waals surface area contributed by atoms with Gasteiger partial charge in [0.1, 0.15) is 10.6 Å². The number of ether oxygens (including phenoxy) is 1. The summed E-state index contributed by atoms with van der Waals surface area (Å²) in [5.74, 6) is -0.686. The van der Waals surface area contributed by atoms with Gasteiger partial charge in [0.15, 0.2) is 0 Å². The Hall–Kier alpha value is -2.29. The highest BCUT2D eigenvalue weighted by atomic mass is 35.5. The average molecular weight is 539 g/mol. The van der Waals surface area contributed by atoms with Gasteiger partial charge in [-0.2, -0.15) is 0 Å². The van der Waals surface area contributed by atoms with E-state index in [9.17, 15) is 9.59 Å². The molecule has 0 saturated carbocycles. The molecule has 0 aliphatic carbocycles. The standard InChI is InChI=1S/C24H22Cl3N3O3S/c1-33-24(32)22-18(15-2-4-16(25)5-3-15)14-34-23(22)28-21(31)13-29-8-10-30(11-9-29)17-6-7-19(26)20(27)12-17/h2-7,12,14H,8-11,13H2,1H3,(H,28,31). The molecule has 1 aromatic heterocycles. The van der Waals surface area contributed by atoms with E-state index < -0.39 is 5.97 Å². The van der Waals surface area contributed by atoms with E-state index >= 15 is 0 Å². The molecule has 1 amide bonds. The van der Waals surface area contributed by atoms with Gasteiger partial charge in [-0.25, -0.2) is 4.79 Å². The molecular formula is C24H22Cl3N3O3S. The highest BCUT2D eigenvalue weighted by molar-refractivity contribution is 7.15. The number of carbonyl (C=O) groups excluding carboxylic acids is 2. The normalized spacial score (nSPS) is 14.2. The maximum Gasteiger partial charge on any atom is 0.341 e. The second-order valence-electron chi connectivity index (χ2n) is 7.76. The number of carbonyl (C=O) groups is 2. The predicted octanol–water partition coefficient (Wildman–Crippen LogP) is 5.92. The Labute approximate surface area is 217 Å². The van der Waals surface area contributed by atoms with E-state index in [0.717, 1.165) is 37.4 Å². The Morgan fingerprint density at radius 3 is 2.35 bits per heavy atom. The van der Waals surface area contributed by atoms with Crippen LogP contribution in [0.25, 0.3) is 11.1 Å². The first kappa shape index (κ1) is 24.8. The molecule has 0 spiro atoms. The first-order valence-electron chi connectivity index (χ1n) is 10.5. The van der Waals surface area contributed by atoms with Crippen LogP contribution in [0.1, 0.15) is 10.4 Å². The van der Waals surface area contributed by atoms with Crippen molar-refractivity contribution in [1.82, 2.24) is 4.90 Å². The monoisotopic (exact) mass is 537 g/mol. The number of esters is 1. The number of anilines is 2. The van der Waals surface area contributed by atoms with E-state index in [1.165, 1.54) is 18.4 Å². The van der Waals surface area contributed by atoms with Crippen molar-refractivity contribution in [2.75, 3.05) is 50.1 Å². The maximum atomic E-state index is 12.8. The molecule has 3 aromatic rings. The van der Waals surface area contributed by atoms with Crippen LogP contribution in [-0.2, 0) is 9.53 Å². The van der Waals surface area contributed by atoms with Crippen molar-refractivity contribution < 1.29 is 14.3 Å². The van der Waals surface area contributed by atoms with Crippen molar-refractivity contribution in [1.29, 1.82) is 0 Å². The minimum absolute atomic E-state index is 0.183. The van der Waals surface area contributed by atoms with Gasteiger partial charge in [-0.1, -0.05) is 46.9 Å². The van der Waals surface area contributed by atoms with E-state index in [2.05, 4.69) is 15.1 Å². The minimum Gasteiger partial charge on any atom is -0.465 e. The predicted molar refractivity (Wildman–Crippen MR) is 140 cm³/mol. The lowest BCUT2D eigenvalue weighted by Crippen LogP contribution is -2.48. The van der Waals surface area contributed by atoms with Crippen LogP contribution in [0.2, 0.25) is 15.1 Å². The molecule has 10 heteroatoms. The highest BCUT2D eigenvalue weighted by Gasteiger charge is 2.24. The second kappa shape index (κ2) is 11.0. The van der Waals surface area contributed by atoms with Gasteiger partial charge in [0.2, 0.25) is 5.91 Å². The van der Waals surface area contributed by atoms with E-state index in [1.54, 1.807) is 18.2 Å². The van der Waals surface area contributed by atoms with Crippen LogP contribution in [0, 0.1) is 0 Å². The number of hydrogen-bond donors (Lipinski definition) is 1. The van der Waals surface area contributed by atoms with Crippen LogP contribution in [0.15, 0.2) is 47.8 Å². The number of nitrogens with one attached hydrogen (secondary N) is 1. The van der Waals surface area contributed by atoms with Crippen molar-refractivity contribution in [3.8, 4) is 11.1 Å². The van der Waals surface area contributed by atoms with E-state index in [0.29, 0.717) is 31.2 Å². The molecule has 0 radical (unpaired) electrons. The summed E-state index contributed by atoms with van der Waals surface area (Å²) < 4.78 is 4.98. The topological polar surface area (TPSA) is 61.9 Å². The van der Waals surface area contributed by atoms with Crippen molar-refractivity contribution >= 4 is 68.7 Å². The van der Waals surface area contributed by atoms with Gasteiger partial charge in [-0.05, 0) is 35.9 Å². The molecule has 6 nitrogen and oxygen atoms in total. The lowest BCUT2D eigenvalue weighted by Gasteiger charge is -2.35. The number of piperazine rings is 1. The Balaban J connectivity index is 1.40. The zero-order valence-electron chi connectivity index (χ0n) is 18.3. The fourth-order valence-corrected chi connectivity index (χ4v) is 5.20. The summed E-state index contributed by atoms with van der Waals surface area (Å²) >= 11 is 19.4. The van der Waals surface area contributed by atoms with Crippen molar-refractivity contribution in [3.05, 3.63) is 68.5 Å². The summed E-state index contributed by atoms with van der Waals surface area (Å²) in [5, 5.41) is 6.85. The fraction of sp³-hybridized carbons (Fsp3) is 0.250. The van der Waals surface area contributed by atoms with Crippen LogP contribution < -0.4 is 10.2 Å². The van der Waals surface area contributed by atoms with Crippen LogP contribution in [0.5, 0.6) is 0 Å². The number of benzene rings is 2. The molecule has 0 bridgehead atoms. The van der Waals surface area contributed by atoms with Crippen LogP contribution in [0.3, 0.4) is 0 Å². The lowest BCUT2D eigenvalue weighted by molar-refractivity contribution is -0.117. The molecule has 2 aromatic carbocycles. The van der Waals surface area contributed by atoms with E-state index in [-0.39, 0.29) is 12.5 Å². The van der Waals surface area contributed by atoms with Gasteiger partial charge in [0, 0.05) is 47.8 Å². The molecule has 1 saturated heterocycles. The first-order chi connectivity index (χ1) is 16.4. The number of amides is 1. The van der Waals surface area contributed by atoms with Gasteiger partial charge in [-0.3, -0.25) is 9.69 Å². The average Bonchev–Trinajstić information content (AvgIpc) is 3.24. The maximum absolute atomic E-state index is 12.8.